The number of halogens is 2. The van der Waals surface area contributed by atoms with Crippen LogP contribution in [0.15, 0.2) is 62.6 Å². The molecule has 0 amide bonds. The zero-order chi connectivity index (χ0) is 13.8. The highest BCUT2D eigenvalue weighted by molar-refractivity contribution is 9.10. The van der Waals surface area contributed by atoms with Crippen molar-refractivity contribution in [1.82, 2.24) is 0 Å². The molecule has 0 spiro atoms. The normalized spacial score (nSPS) is 11.4. The SMILES string of the molecule is N/N=C(\C(=O)c1ccc(Br)cc1)c1ccc(Br)cc1. The van der Waals surface area contributed by atoms with Crippen molar-refractivity contribution in [2.45, 2.75) is 0 Å². The fraction of sp³-hybridized carbons (Fsp3) is 0. The molecule has 0 saturated heterocycles. The topological polar surface area (TPSA) is 55.4 Å². The Morgan fingerprint density at radius 3 is 1.68 bits per heavy atom. The van der Waals surface area contributed by atoms with Crippen LogP contribution in [-0.2, 0) is 0 Å². The number of hydrogen-bond acceptors (Lipinski definition) is 3. The van der Waals surface area contributed by atoms with Crippen LogP contribution >= 0.6 is 31.9 Å². The van der Waals surface area contributed by atoms with Crippen molar-refractivity contribution in [3.05, 3.63) is 68.6 Å². The van der Waals surface area contributed by atoms with E-state index >= 15 is 0 Å². The average Bonchev–Trinajstić information content (AvgIpc) is 2.42. The van der Waals surface area contributed by atoms with Crippen molar-refractivity contribution in [2.75, 3.05) is 0 Å². The molecule has 96 valence electrons. The lowest BCUT2D eigenvalue weighted by Crippen LogP contribution is -2.17. The quantitative estimate of drug-likeness (QED) is 0.381. The molecule has 0 heterocycles. The molecular weight excluding hydrogens is 372 g/mol. The van der Waals surface area contributed by atoms with E-state index in [-0.39, 0.29) is 11.5 Å². The van der Waals surface area contributed by atoms with E-state index in [9.17, 15) is 4.79 Å². The lowest BCUT2D eigenvalue weighted by molar-refractivity contribution is 0.106. The molecule has 2 aromatic carbocycles. The summed E-state index contributed by atoms with van der Waals surface area (Å²) >= 11 is 6.68. The van der Waals surface area contributed by atoms with E-state index in [0.29, 0.717) is 11.1 Å². The number of carbonyl (C=O) groups excluding carboxylic acids is 1. The highest BCUT2D eigenvalue weighted by Crippen LogP contribution is 2.15. The van der Waals surface area contributed by atoms with E-state index < -0.39 is 0 Å². The number of hydrazone groups is 1. The molecule has 2 rings (SSSR count). The zero-order valence-corrected chi connectivity index (χ0v) is 13.0. The number of nitrogens with two attached hydrogens (primary N) is 1. The summed E-state index contributed by atoms with van der Waals surface area (Å²) in [4.78, 5) is 12.3. The van der Waals surface area contributed by atoms with Gasteiger partial charge in [-0.3, -0.25) is 4.79 Å². The lowest BCUT2D eigenvalue weighted by atomic mass is 10.0. The molecule has 3 nitrogen and oxygen atoms in total. The van der Waals surface area contributed by atoms with Crippen LogP contribution in [0.25, 0.3) is 0 Å². The molecule has 2 N–H and O–H groups in total. The van der Waals surface area contributed by atoms with Gasteiger partial charge in [-0.25, -0.2) is 0 Å². The summed E-state index contributed by atoms with van der Waals surface area (Å²) in [5.41, 5.74) is 1.49. The van der Waals surface area contributed by atoms with Gasteiger partial charge in [0.1, 0.15) is 5.71 Å². The molecule has 0 radical (unpaired) electrons. The van der Waals surface area contributed by atoms with E-state index in [0.717, 1.165) is 8.95 Å². The fourth-order valence-corrected chi connectivity index (χ4v) is 2.14. The average molecular weight is 382 g/mol. The van der Waals surface area contributed by atoms with Gasteiger partial charge in [0.25, 0.3) is 0 Å². The third-order valence-electron chi connectivity index (χ3n) is 2.57. The van der Waals surface area contributed by atoms with Gasteiger partial charge in [0, 0.05) is 20.1 Å². The summed E-state index contributed by atoms with van der Waals surface area (Å²) in [6.45, 7) is 0. The molecule has 0 aliphatic heterocycles. The van der Waals surface area contributed by atoms with Gasteiger partial charge in [0.2, 0.25) is 5.78 Å². The third-order valence-corrected chi connectivity index (χ3v) is 3.63. The second-order valence-corrected chi connectivity index (χ2v) is 5.65. The van der Waals surface area contributed by atoms with Crippen molar-refractivity contribution in [3.63, 3.8) is 0 Å². The van der Waals surface area contributed by atoms with Crippen LogP contribution in [0, 0.1) is 0 Å². The number of nitrogens with zero attached hydrogens (tertiary/aromatic N) is 1. The van der Waals surface area contributed by atoms with Crippen LogP contribution in [0.1, 0.15) is 15.9 Å². The van der Waals surface area contributed by atoms with E-state index in [1.165, 1.54) is 0 Å². The summed E-state index contributed by atoms with van der Waals surface area (Å²) in [6.07, 6.45) is 0. The molecule has 0 aliphatic rings. The Hall–Kier alpha value is -1.46. The Bertz CT molecular complexity index is 619. The Morgan fingerprint density at radius 1 is 0.842 bits per heavy atom. The first-order valence-electron chi connectivity index (χ1n) is 5.46. The maximum Gasteiger partial charge on any atom is 0.213 e. The number of Topliss-reactive ketones (excluding diaryl/α,β-unsaturated/α-hetero) is 1. The summed E-state index contributed by atoms with van der Waals surface area (Å²) in [5, 5.41) is 3.63. The Labute approximate surface area is 127 Å². The second kappa shape index (κ2) is 6.12. The van der Waals surface area contributed by atoms with Crippen molar-refractivity contribution >= 4 is 43.4 Å². The van der Waals surface area contributed by atoms with Crippen molar-refractivity contribution in [3.8, 4) is 0 Å². The van der Waals surface area contributed by atoms with Crippen LogP contribution in [-0.4, -0.2) is 11.5 Å². The number of ketones is 1. The van der Waals surface area contributed by atoms with Gasteiger partial charge >= 0.3 is 0 Å². The standard InChI is InChI=1S/C14H10Br2N2O/c15-11-5-1-9(2-6-11)13(18-17)14(19)10-3-7-12(16)8-4-10/h1-8H,17H2/b18-13-. The molecule has 0 aromatic heterocycles. The van der Waals surface area contributed by atoms with E-state index in [4.69, 9.17) is 5.84 Å². The molecule has 0 unspecified atom stereocenters. The lowest BCUT2D eigenvalue weighted by Gasteiger charge is -2.05. The first kappa shape index (κ1) is 14.0. The predicted molar refractivity (Wildman–Crippen MR) is 83.3 cm³/mol. The predicted octanol–water partition coefficient (Wildman–Crippen LogP) is 3.76. The molecule has 0 saturated carbocycles. The zero-order valence-electron chi connectivity index (χ0n) is 9.81. The maximum atomic E-state index is 12.3. The Balaban J connectivity index is 2.35. The first-order chi connectivity index (χ1) is 9.11. The molecular formula is C14H10Br2N2O. The molecule has 5 heteroatoms. The van der Waals surface area contributed by atoms with Crippen molar-refractivity contribution in [2.24, 2.45) is 10.9 Å². The molecule has 2 aromatic rings. The van der Waals surface area contributed by atoms with Crippen LogP contribution in [0.5, 0.6) is 0 Å². The van der Waals surface area contributed by atoms with E-state index in [1.54, 1.807) is 24.3 Å². The molecule has 19 heavy (non-hydrogen) atoms. The molecule has 0 bridgehead atoms. The number of hydrogen-bond donors (Lipinski definition) is 1. The van der Waals surface area contributed by atoms with Gasteiger partial charge in [-0.05, 0) is 36.4 Å². The first-order valence-corrected chi connectivity index (χ1v) is 7.04. The minimum Gasteiger partial charge on any atom is -0.323 e. The highest BCUT2D eigenvalue weighted by atomic mass is 79.9. The third kappa shape index (κ3) is 3.30. The summed E-state index contributed by atoms with van der Waals surface area (Å²) in [5.74, 6) is 5.16. The highest BCUT2D eigenvalue weighted by Gasteiger charge is 2.16. The molecule has 0 aliphatic carbocycles. The van der Waals surface area contributed by atoms with E-state index in [1.807, 2.05) is 24.3 Å². The Kier molecular flexibility index (Phi) is 4.50. The van der Waals surface area contributed by atoms with Crippen molar-refractivity contribution in [1.29, 1.82) is 0 Å². The monoisotopic (exact) mass is 380 g/mol. The van der Waals surface area contributed by atoms with Crippen LogP contribution in [0.3, 0.4) is 0 Å². The number of benzene rings is 2. The van der Waals surface area contributed by atoms with Gasteiger partial charge in [-0.15, -0.1) is 0 Å². The van der Waals surface area contributed by atoms with Crippen molar-refractivity contribution < 1.29 is 4.79 Å². The van der Waals surface area contributed by atoms with Crippen LogP contribution < -0.4 is 5.84 Å². The smallest absolute Gasteiger partial charge is 0.213 e. The number of carbonyl (C=O) groups is 1. The summed E-state index contributed by atoms with van der Waals surface area (Å²) in [6, 6.07) is 14.4. The molecule has 0 atom stereocenters. The van der Waals surface area contributed by atoms with Gasteiger partial charge in [-0.1, -0.05) is 44.0 Å². The van der Waals surface area contributed by atoms with Gasteiger partial charge in [-0.2, -0.15) is 5.10 Å². The minimum atomic E-state index is -0.197. The second-order valence-electron chi connectivity index (χ2n) is 3.82. The fourth-order valence-electron chi connectivity index (χ4n) is 1.61. The van der Waals surface area contributed by atoms with Gasteiger partial charge in [0.15, 0.2) is 0 Å². The Morgan fingerprint density at radius 2 is 1.26 bits per heavy atom. The molecule has 0 fully saturated rings. The van der Waals surface area contributed by atoms with Crippen LogP contribution in [0.2, 0.25) is 0 Å². The van der Waals surface area contributed by atoms with Crippen LogP contribution in [0.4, 0.5) is 0 Å². The van der Waals surface area contributed by atoms with E-state index in [2.05, 4.69) is 37.0 Å². The van der Waals surface area contributed by atoms with Gasteiger partial charge in [0.05, 0.1) is 0 Å². The summed E-state index contributed by atoms with van der Waals surface area (Å²) < 4.78 is 1.85. The number of rotatable bonds is 3. The van der Waals surface area contributed by atoms with Gasteiger partial charge < -0.3 is 5.84 Å². The minimum absolute atomic E-state index is 0.197. The maximum absolute atomic E-state index is 12.3. The summed E-state index contributed by atoms with van der Waals surface area (Å²) in [7, 11) is 0. The largest absolute Gasteiger partial charge is 0.323 e.